The lowest BCUT2D eigenvalue weighted by atomic mass is 10.1. The predicted octanol–water partition coefficient (Wildman–Crippen LogP) is 2.91. The normalized spacial score (nSPS) is 20.8. The molecule has 0 unspecified atom stereocenters. The SMILES string of the molecule is COCc1cc2c(Nc3cc([C@H]4OC[C@@H](OC(=O)NC(C)C)[C@@H]4F)[nH]n3)nc(Cl)cn2n1. The lowest BCUT2D eigenvalue weighted by Gasteiger charge is -2.16. The van der Waals surface area contributed by atoms with Gasteiger partial charge in [0.1, 0.15) is 16.8 Å². The maximum absolute atomic E-state index is 14.9. The van der Waals surface area contributed by atoms with Crippen LogP contribution in [0.4, 0.5) is 20.8 Å². The fourth-order valence-corrected chi connectivity index (χ4v) is 3.51. The standard InChI is InChI=1S/C19H23ClFN7O4/c1-9(2)22-19(29)32-13-8-31-17(16(13)21)11-5-15(26-25-11)24-18-12-4-10(7-30-3)27-28(12)6-14(20)23-18/h4-6,9,13,16-17H,7-8H2,1-3H3,(H,22,29)(H2,23,24,25,26)/t13-,16+,17-/m1/s1. The van der Waals surface area contributed by atoms with Gasteiger partial charge in [-0.2, -0.15) is 10.2 Å². The van der Waals surface area contributed by atoms with Crippen molar-refractivity contribution in [1.29, 1.82) is 0 Å². The molecule has 0 spiro atoms. The minimum Gasteiger partial charge on any atom is -0.441 e. The monoisotopic (exact) mass is 467 g/mol. The van der Waals surface area contributed by atoms with E-state index in [-0.39, 0.29) is 17.8 Å². The number of alkyl halides is 1. The van der Waals surface area contributed by atoms with E-state index in [0.717, 1.165) is 0 Å². The van der Waals surface area contributed by atoms with Crippen LogP contribution in [0.1, 0.15) is 31.3 Å². The number of anilines is 2. The molecule has 1 aliphatic heterocycles. The number of alkyl carbamates (subject to hydrolysis) is 1. The Hall–Kier alpha value is -2.96. The molecule has 11 nitrogen and oxygen atoms in total. The third kappa shape index (κ3) is 4.76. The Morgan fingerprint density at radius 2 is 2.28 bits per heavy atom. The maximum atomic E-state index is 14.9. The van der Waals surface area contributed by atoms with Crippen LogP contribution in [0.5, 0.6) is 0 Å². The summed E-state index contributed by atoms with van der Waals surface area (Å²) in [6, 6.07) is 3.29. The van der Waals surface area contributed by atoms with E-state index >= 15 is 0 Å². The van der Waals surface area contributed by atoms with Crippen LogP contribution >= 0.6 is 11.6 Å². The molecule has 32 heavy (non-hydrogen) atoms. The lowest BCUT2D eigenvalue weighted by molar-refractivity contribution is 0.0615. The third-order valence-electron chi connectivity index (χ3n) is 4.67. The number of carbonyl (C=O) groups is 1. The molecular weight excluding hydrogens is 445 g/mol. The Morgan fingerprint density at radius 1 is 1.47 bits per heavy atom. The Labute approximate surface area is 187 Å². The molecule has 0 aromatic carbocycles. The van der Waals surface area contributed by atoms with Crippen LogP contribution < -0.4 is 10.6 Å². The molecule has 4 heterocycles. The molecule has 0 radical (unpaired) electrons. The first kappa shape index (κ1) is 22.2. The van der Waals surface area contributed by atoms with Gasteiger partial charge in [0, 0.05) is 19.2 Å². The fourth-order valence-electron chi connectivity index (χ4n) is 3.34. The minimum absolute atomic E-state index is 0.0618. The van der Waals surface area contributed by atoms with Crippen molar-refractivity contribution in [2.45, 2.75) is 44.9 Å². The molecule has 13 heteroatoms. The van der Waals surface area contributed by atoms with Gasteiger partial charge in [-0.1, -0.05) is 11.6 Å². The number of methoxy groups -OCH3 is 1. The van der Waals surface area contributed by atoms with Crippen molar-refractivity contribution in [3.63, 3.8) is 0 Å². The second-order valence-corrected chi connectivity index (χ2v) is 7.97. The van der Waals surface area contributed by atoms with E-state index in [0.29, 0.717) is 35.1 Å². The highest BCUT2D eigenvalue weighted by molar-refractivity contribution is 6.29. The zero-order valence-corrected chi connectivity index (χ0v) is 18.4. The summed E-state index contributed by atoms with van der Waals surface area (Å²) < 4.78 is 32.2. The molecule has 1 aliphatic rings. The van der Waals surface area contributed by atoms with Gasteiger partial charge in [0.15, 0.2) is 23.9 Å². The first-order valence-corrected chi connectivity index (χ1v) is 10.3. The summed E-state index contributed by atoms with van der Waals surface area (Å²) in [5.41, 5.74) is 1.76. The van der Waals surface area contributed by atoms with Crippen LogP contribution in [0.2, 0.25) is 5.15 Å². The number of aromatic amines is 1. The number of fused-ring (bicyclic) bond motifs is 1. The molecule has 1 amide bonds. The Morgan fingerprint density at radius 3 is 3.03 bits per heavy atom. The van der Waals surface area contributed by atoms with E-state index in [9.17, 15) is 9.18 Å². The number of rotatable bonds is 7. The van der Waals surface area contributed by atoms with Crippen molar-refractivity contribution in [2.75, 3.05) is 19.0 Å². The van der Waals surface area contributed by atoms with Gasteiger partial charge in [-0.3, -0.25) is 5.10 Å². The topological polar surface area (TPSA) is 128 Å². The number of hydrogen-bond acceptors (Lipinski definition) is 8. The summed E-state index contributed by atoms with van der Waals surface area (Å²) in [5, 5.41) is 17.1. The summed E-state index contributed by atoms with van der Waals surface area (Å²) in [4.78, 5) is 16.1. The van der Waals surface area contributed by atoms with Gasteiger partial charge in [-0.15, -0.1) is 0 Å². The van der Waals surface area contributed by atoms with Crippen LogP contribution in [0.15, 0.2) is 18.3 Å². The number of carbonyl (C=O) groups excluding carboxylic acids is 1. The number of amides is 1. The molecule has 4 rings (SSSR count). The minimum atomic E-state index is -1.55. The van der Waals surface area contributed by atoms with E-state index in [2.05, 4.69) is 30.9 Å². The van der Waals surface area contributed by atoms with Crippen LogP contribution in [-0.2, 0) is 20.8 Å². The summed E-state index contributed by atoms with van der Waals surface area (Å²) in [7, 11) is 1.58. The second-order valence-electron chi connectivity index (χ2n) is 7.59. The molecule has 1 saturated heterocycles. The molecule has 3 atom stereocenters. The smallest absolute Gasteiger partial charge is 0.407 e. The Balaban J connectivity index is 1.47. The van der Waals surface area contributed by atoms with Crippen molar-refractivity contribution in [1.82, 2.24) is 30.1 Å². The summed E-state index contributed by atoms with van der Waals surface area (Å²) in [5.74, 6) is 0.796. The van der Waals surface area contributed by atoms with Crippen molar-refractivity contribution in [2.24, 2.45) is 0 Å². The number of H-pyrrole nitrogens is 1. The molecule has 3 N–H and O–H groups in total. The van der Waals surface area contributed by atoms with Gasteiger partial charge < -0.3 is 24.8 Å². The maximum Gasteiger partial charge on any atom is 0.407 e. The molecular formula is C19H23ClFN7O4. The van der Waals surface area contributed by atoms with Gasteiger partial charge >= 0.3 is 6.09 Å². The van der Waals surface area contributed by atoms with E-state index in [1.165, 1.54) is 0 Å². The second kappa shape index (κ2) is 9.27. The highest BCUT2D eigenvalue weighted by Gasteiger charge is 2.42. The van der Waals surface area contributed by atoms with E-state index < -0.39 is 24.5 Å². The summed E-state index contributed by atoms with van der Waals surface area (Å²) >= 11 is 6.11. The Kier molecular flexibility index (Phi) is 6.44. The summed E-state index contributed by atoms with van der Waals surface area (Å²) in [6.07, 6.45) is -2.63. The van der Waals surface area contributed by atoms with Crippen molar-refractivity contribution in [3.05, 3.63) is 34.9 Å². The van der Waals surface area contributed by atoms with E-state index in [4.69, 9.17) is 25.8 Å². The van der Waals surface area contributed by atoms with E-state index in [1.807, 2.05) is 6.07 Å². The molecule has 0 bridgehead atoms. The fraction of sp³-hybridized carbons (Fsp3) is 0.474. The lowest BCUT2D eigenvalue weighted by Crippen LogP contribution is -2.36. The van der Waals surface area contributed by atoms with Crippen molar-refractivity contribution in [3.8, 4) is 0 Å². The molecule has 0 saturated carbocycles. The zero-order valence-electron chi connectivity index (χ0n) is 17.6. The number of ether oxygens (including phenoxy) is 3. The van der Waals surface area contributed by atoms with Gasteiger partial charge in [0.05, 0.1) is 30.8 Å². The van der Waals surface area contributed by atoms with Crippen LogP contribution in [0.3, 0.4) is 0 Å². The highest BCUT2D eigenvalue weighted by atomic mass is 35.5. The number of hydrogen-bond donors (Lipinski definition) is 3. The molecule has 0 aliphatic carbocycles. The van der Waals surface area contributed by atoms with Gasteiger partial charge in [0.2, 0.25) is 0 Å². The quantitative estimate of drug-likeness (QED) is 0.484. The number of nitrogens with zero attached hydrogens (tertiary/aromatic N) is 4. The Bertz CT molecular complexity index is 1100. The van der Waals surface area contributed by atoms with Gasteiger partial charge in [0.25, 0.3) is 0 Å². The van der Waals surface area contributed by atoms with Crippen LogP contribution in [0, 0.1) is 0 Å². The van der Waals surface area contributed by atoms with Gasteiger partial charge in [-0.25, -0.2) is 18.7 Å². The molecule has 172 valence electrons. The summed E-state index contributed by atoms with van der Waals surface area (Å²) in [6.45, 7) is 3.84. The van der Waals surface area contributed by atoms with Crippen LogP contribution in [0.25, 0.3) is 5.52 Å². The zero-order chi connectivity index (χ0) is 22.8. The highest BCUT2D eigenvalue weighted by Crippen LogP contribution is 2.34. The van der Waals surface area contributed by atoms with Crippen molar-refractivity contribution < 1.29 is 23.4 Å². The molecule has 3 aromatic rings. The molecule has 1 fully saturated rings. The molecule has 3 aromatic heterocycles. The number of aromatic nitrogens is 5. The number of halogens is 2. The van der Waals surface area contributed by atoms with E-state index in [1.54, 1.807) is 37.7 Å². The third-order valence-corrected chi connectivity index (χ3v) is 4.85. The van der Waals surface area contributed by atoms with Crippen molar-refractivity contribution >= 4 is 34.8 Å². The van der Waals surface area contributed by atoms with Gasteiger partial charge in [-0.05, 0) is 19.9 Å². The van der Waals surface area contributed by atoms with Crippen LogP contribution in [-0.4, -0.2) is 62.9 Å². The number of nitrogens with one attached hydrogen (secondary N) is 3. The largest absolute Gasteiger partial charge is 0.441 e. The first-order valence-electron chi connectivity index (χ1n) is 9.93. The first-order chi connectivity index (χ1) is 15.3. The average molecular weight is 468 g/mol. The predicted molar refractivity (Wildman–Crippen MR) is 113 cm³/mol. The average Bonchev–Trinajstić information content (AvgIpc) is 3.41.